The van der Waals surface area contributed by atoms with Crippen molar-refractivity contribution in [2.75, 3.05) is 14.2 Å². The van der Waals surface area contributed by atoms with E-state index in [0.717, 1.165) is 22.7 Å². The van der Waals surface area contributed by atoms with E-state index in [1.54, 1.807) is 19.5 Å². The second-order valence-electron chi connectivity index (χ2n) is 5.76. The molecule has 0 amide bonds. The Bertz CT molecular complexity index is 953. The molecule has 0 aliphatic carbocycles. The first-order chi connectivity index (χ1) is 12.5. The number of methoxy groups -OCH3 is 2. The second-order valence-corrected chi connectivity index (χ2v) is 6.20. The molecular formula is C19H18ClN3O3. The van der Waals surface area contributed by atoms with Gasteiger partial charge in [0.2, 0.25) is 0 Å². The summed E-state index contributed by atoms with van der Waals surface area (Å²) < 4.78 is 12.1. The summed E-state index contributed by atoms with van der Waals surface area (Å²) in [4.78, 5) is 20.3. The van der Waals surface area contributed by atoms with Crippen molar-refractivity contribution in [3.05, 3.63) is 70.5 Å². The third-order valence-corrected chi connectivity index (χ3v) is 4.08. The highest BCUT2D eigenvalue weighted by Crippen LogP contribution is 2.26. The smallest absolute Gasteiger partial charge is 0.356 e. The third kappa shape index (κ3) is 3.86. The van der Waals surface area contributed by atoms with Gasteiger partial charge in [-0.15, -0.1) is 0 Å². The van der Waals surface area contributed by atoms with E-state index in [1.165, 1.54) is 13.2 Å². The molecule has 0 fully saturated rings. The zero-order chi connectivity index (χ0) is 18.7. The minimum absolute atomic E-state index is 0.187. The van der Waals surface area contributed by atoms with Crippen molar-refractivity contribution in [1.29, 1.82) is 0 Å². The summed E-state index contributed by atoms with van der Waals surface area (Å²) in [5.41, 5.74) is 3.66. The minimum atomic E-state index is -0.517. The molecule has 26 heavy (non-hydrogen) atoms. The SMILES string of the molecule is COC(=O)c1cc(Cl)cc(Cc2ccc(-n3cnc(C)c3)c(OC)c2)n1. The molecule has 2 heterocycles. The van der Waals surface area contributed by atoms with Gasteiger partial charge < -0.3 is 14.0 Å². The zero-order valence-electron chi connectivity index (χ0n) is 14.7. The molecule has 0 saturated carbocycles. The average Bonchev–Trinajstić information content (AvgIpc) is 3.06. The maximum absolute atomic E-state index is 11.7. The second kappa shape index (κ2) is 7.58. The van der Waals surface area contributed by atoms with Gasteiger partial charge in [0.05, 0.1) is 31.9 Å². The lowest BCUT2D eigenvalue weighted by Gasteiger charge is -2.11. The number of carbonyl (C=O) groups is 1. The molecule has 0 unspecified atom stereocenters. The Balaban J connectivity index is 1.91. The number of aryl methyl sites for hydroxylation is 1. The highest BCUT2D eigenvalue weighted by Gasteiger charge is 2.12. The molecule has 0 aliphatic heterocycles. The summed E-state index contributed by atoms with van der Waals surface area (Å²) >= 11 is 6.10. The van der Waals surface area contributed by atoms with E-state index in [9.17, 15) is 4.79 Å². The van der Waals surface area contributed by atoms with Crippen molar-refractivity contribution in [3.8, 4) is 11.4 Å². The molecule has 6 nitrogen and oxygen atoms in total. The van der Waals surface area contributed by atoms with E-state index in [0.29, 0.717) is 17.1 Å². The Morgan fingerprint density at radius 2 is 2.04 bits per heavy atom. The Labute approximate surface area is 156 Å². The van der Waals surface area contributed by atoms with Gasteiger partial charge in [0.15, 0.2) is 0 Å². The van der Waals surface area contributed by atoms with E-state index >= 15 is 0 Å². The number of hydrogen-bond acceptors (Lipinski definition) is 5. The van der Waals surface area contributed by atoms with Gasteiger partial charge in [-0.25, -0.2) is 14.8 Å². The van der Waals surface area contributed by atoms with Crippen LogP contribution >= 0.6 is 11.6 Å². The maximum atomic E-state index is 11.7. The molecule has 0 atom stereocenters. The molecule has 3 rings (SSSR count). The van der Waals surface area contributed by atoms with Crippen molar-refractivity contribution in [2.24, 2.45) is 0 Å². The van der Waals surface area contributed by atoms with Crippen LogP contribution < -0.4 is 4.74 Å². The highest BCUT2D eigenvalue weighted by molar-refractivity contribution is 6.30. The lowest BCUT2D eigenvalue weighted by atomic mass is 10.1. The van der Waals surface area contributed by atoms with Gasteiger partial charge in [-0.2, -0.15) is 0 Å². The van der Waals surface area contributed by atoms with Crippen LogP contribution in [0.5, 0.6) is 5.75 Å². The van der Waals surface area contributed by atoms with E-state index in [1.807, 2.05) is 35.9 Å². The molecule has 0 spiro atoms. The molecule has 3 aromatic rings. The summed E-state index contributed by atoms with van der Waals surface area (Å²) in [5.74, 6) is 0.201. The summed E-state index contributed by atoms with van der Waals surface area (Å²) in [7, 11) is 2.94. The van der Waals surface area contributed by atoms with Crippen molar-refractivity contribution in [1.82, 2.24) is 14.5 Å². The Morgan fingerprint density at radius 1 is 1.23 bits per heavy atom. The highest BCUT2D eigenvalue weighted by atomic mass is 35.5. The lowest BCUT2D eigenvalue weighted by molar-refractivity contribution is 0.0593. The van der Waals surface area contributed by atoms with Gasteiger partial charge in [-0.1, -0.05) is 17.7 Å². The number of pyridine rings is 1. The average molecular weight is 372 g/mol. The Hall–Kier alpha value is -2.86. The first kappa shape index (κ1) is 17.9. The first-order valence-corrected chi connectivity index (χ1v) is 8.30. The van der Waals surface area contributed by atoms with Crippen molar-refractivity contribution in [2.45, 2.75) is 13.3 Å². The quantitative estimate of drug-likeness (QED) is 0.641. The molecular weight excluding hydrogens is 354 g/mol. The number of nitrogens with zero attached hydrogens (tertiary/aromatic N) is 3. The number of aromatic nitrogens is 3. The number of benzene rings is 1. The predicted octanol–water partition coefficient (Wildman–Crippen LogP) is 3.62. The van der Waals surface area contributed by atoms with Crippen LogP contribution in [0.4, 0.5) is 0 Å². The Morgan fingerprint density at radius 3 is 2.69 bits per heavy atom. The fraction of sp³-hybridized carbons (Fsp3) is 0.211. The molecule has 0 N–H and O–H groups in total. The number of imidazole rings is 1. The number of esters is 1. The third-order valence-electron chi connectivity index (χ3n) is 3.86. The topological polar surface area (TPSA) is 66.2 Å². The van der Waals surface area contributed by atoms with Crippen LogP contribution in [-0.4, -0.2) is 34.7 Å². The summed E-state index contributed by atoms with van der Waals surface area (Å²) in [6.07, 6.45) is 4.18. The predicted molar refractivity (Wildman–Crippen MR) is 98.2 cm³/mol. The van der Waals surface area contributed by atoms with Crippen LogP contribution in [0.25, 0.3) is 5.69 Å². The number of ether oxygens (including phenoxy) is 2. The Kier molecular flexibility index (Phi) is 5.23. The summed E-state index contributed by atoms with van der Waals surface area (Å²) in [6.45, 7) is 1.93. The van der Waals surface area contributed by atoms with Gasteiger partial charge in [-0.3, -0.25) is 0 Å². The maximum Gasteiger partial charge on any atom is 0.356 e. The lowest BCUT2D eigenvalue weighted by Crippen LogP contribution is -2.06. The molecule has 0 aliphatic rings. The minimum Gasteiger partial charge on any atom is -0.495 e. The molecule has 7 heteroatoms. The summed E-state index contributed by atoms with van der Waals surface area (Å²) in [6, 6.07) is 9.09. The zero-order valence-corrected chi connectivity index (χ0v) is 15.4. The fourth-order valence-electron chi connectivity index (χ4n) is 2.66. The monoisotopic (exact) mass is 371 g/mol. The van der Waals surface area contributed by atoms with Crippen LogP contribution in [-0.2, 0) is 11.2 Å². The first-order valence-electron chi connectivity index (χ1n) is 7.93. The fourth-order valence-corrected chi connectivity index (χ4v) is 2.89. The van der Waals surface area contributed by atoms with Gasteiger partial charge in [0.25, 0.3) is 0 Å². The van der Waals surface area contributed by atoms with Crippen LogP contribution in [0, 0.1) is 6.92 Å². The van der Waals surface area contributed by atoms with Crippen LogP contribution in [0.3, 0.4) is 0 Å². The van der Waals surface area contributed by atoms with E-state index < -0.39 is 5.97 Å². The van der Waals surface area contributed by atoms with Crippen LogP contribution in [0.15, 0.2) is 42.9 Å². The van der Waals surface area contributed by atoms with Gasteiger partial charge in [0.1, 0.15) is 11.4 Å². The number of carbonyl (C=O) groups excluding carboxylic acids is 1. The van der Waals surface area contributed by atoms with Gasteiger partial charge in [-0.05, 0) is 36.8 Å². The van der Waals surface area contributed by atoms with Crippen molar-refractivity contribution in [3.63, 3.8) is 0 Å². The normalized spacial score (nSPS) is 10.6. The molecule has 0 bridgehead atoms. The molecule has 0 radical (unpaired) electrons. The number of rotatable bonds is 5. The van der Waals surface area contributed by atoms with Crippen LogP contribution in [0.2, 0.25) is 5.02 Å². The molecule has 134 valence electrons. The van der Waals surface area contributed by atoms with Crippen LogP contribution in [0.1, 0.15) is 27.4 Å². The van der Waals surface area contributed by atoms with Crippen molar-refractivity contribution < 1.29 is 14.3 Å². The van der Waals surface area contributed by atoms with E-state index in [-0.39, 0.29) is 5.69 Å². The standard InChI is InChI=1S/C19H18ClN3O3/c1-12-10-23(11-21-12)17-5-4-13(7-18(17)25-2)6-15-8-14(20)9-16(22-15)19(24)26-3/h4-5,7-11H,6H2,1-3H3. The van der Waals surface area contributed by atoms with Gasteiger partial charge >= 0.3 is 5.97 Å². The number of hydrogen-bond donors (Lipinski definition) is 0. The van der Waals surface area contributed by atoms with Crippen molar-refractivity contribution >= 4 is 17.6 Å². The number of halogens is 1. The van der Waals surface area contributed by atoms with E-state index in [4.69, 9.17) is 21.1 Å². The molecule has 2 aromatic heterocycles. The van der Waals surface area contributed by atoms with E-state index in [2.05, 4.69) is 9.97 Å². The van der Waals surface area contributed by atoms with Gasteiger partial charge in [0, 0.05) is 23.3 Å². The largest absolute Gasteiger partial charge is 0.495 e. The molecule has 1 aromatic carbocycles. The summed E-state index contributed by atoms with van der Waals surface area (Å²) in [5, 5.41) is 0.438. The molecule has 0 saturated heterocycles.